The average molecular weight is 153 g/mol. The Morgan fingerprint density at radius 2 is 2.50 bits per heavy atom. The third kappa shape index (κ3) is 0.752. The Labute approximate surface area is 62.3 Å². The Bertz CT molecular complexity index is 355. The van der Waals surface area contributed by atoms with Gasteiger partial charge >= 0.3 is 0 Å². The average Bonchev–Trinajstić information content (AvgIpc) is 2.33. The van der Waals surface area contributed by atoms with Gasteiger partial charge in [-0.25, -0.2) is 9.97 Å². The van der Waals surface area contributed by atoms with E-state index in [0.717, 1.165) is 5.65 Å². The predicted molar refractivity (Wildman–Crippen MR) is 36.8 cm³/mol. The lowest BCUT2D eigenvalue weighted by molar-refractivity contribution is 1.09. The first-order valence-corrected chi connectivity index (χ1v) is 3.10. The molecule has 2 aromatic rings. The van der Waals surface area contributed by atoms with Crippen molar-refractivity contribution in [3.63, 3.8) is 0 Å². The SMILES string of the molecule is Clc1cc2n[c]cn2cn1. The summed E-state index contributed by atoms with van der Waals surface area (Å²) in [5, 5.41) is 0.451. The van der Waals surface area contributed by atoms with Crippen LogP contribution in [-0.4, -0.2) is 14.4 Å². The summed E-state index contributed by atoms with van der Waals surface area (Å²) in [4.78, 5) is 7.74. The largest absolute Gasteiger partial charge is 0.290 e. The summed E-state index contributed by atoms with van der Waals surface area (Å²) >= 11 is 5.60. The molecule has 0 bridgehead atoms. The molecule has 0 atom stereocenters. The highest BCUT2D eigenvalue weighted by atomic mass is 35.5. The molecular formula is C6H3ClN3. The highest BCUT2D eigenvalue weighted by Crippen LogP contribution is 2.05. The summed E-state index contributed by atoms with van der Waals surface area (Å²) < 4.78 is 1.74. The fourth-order valence-electron chi connectivity index (χ4n) is 0.742. The molecule has 0 unspecified atom stereocenters. The van der Waals surface area contributed by atoms with Crippen LogP contribution >= 0.6 is 11.6 Å². The van der Waals surface area contributed by atoms with Crippen molar-refractivity contribution in [3.05, 3.63) is 29.9 Å². The monoisotopic (exact) mass is 152 g/mol. The smallest absolute Gasteiger partial charge is 0.141 e. The van der Waals surface area contributed by atoms with Gasteiger partial charge in [0.2, 0.25) is 0 Å². The van der Waals surface area contributed by atoms with E-state index in [0.29, 0.717) is 5.15 Å². The molecule has 2 heterocycles. The van der Waals surface area contributed by atoms with E-state index in [1.54, 1.807) is 23.0 Å². The number of halogens is 1. The molecule has 0 aliphatic carbocycles. The minimum Gasteiger partial charge on any atom is -0.290 e. The van der Waals surface area contributed by atoms with E-state index < -0.39 is 0 Å². The number of fused-ring (bicyclic) bond motifs is 1. The Morgan fingerprint density at radius 1 is 1.60 bits per heavy atom. The van der Waals surface area contributed by atoms with Crippen LogP contribution in [0.2, 0.25) is 5.15 Å². The van der Waals surface area contributed by atoms with Gasteiger partial charge in [-0.3, -0.25) is 4.40 Å². The quantitative estimate of drug-likeness (QED) is 0.531. The van der Waals surface area contributed by atoms with E-state index in [4.69, 9.17) is 11.6 Å². The van der Waals surface area contributed by atoms with Gasteiger partial charge in [-0.05, 0) is 0 Å². The van der Waals surface area contributed by atoms with Gasteiger partial charge in [-0.15, -0.1) is 0 Å². The van der Waals surface area contributed by atoms with Crippen molar-refractivity contribution >= 4 is 17.2 Å². The lowest BCUT2D eigenvalue weighted by Gasteiger charge is -1.90. The van der Waals surface area contributed by atoms with Crippen molar-refractivity contribution in [2.45, 2.75) is 0 Å². The Kier molecular flexibility index (Phi) is 1.11. The van der Waals surface area contributed by atoms with Crippen LogP contribution < -0.4 is 0 Å². The number of aromatic nitrogens is 3. The van der Waals surface area contributed by atoms with Gasteiger partial charge in [0.25, 0.3) is 0 Å². The molecule has 0 saturated carbocycles. The van der Waals surface area contributed by atoms with Gasteiger partial charge < -0.3 is 0 Å². The second-order valence-corrected chi connectivity index (χ2v) is 2.23. The van der Waals surface area contributed by atoms with E-state index in [-0.39, 0.29) is 0 Å². The molecular weight excluding hydrogens is 150 g/mol. The minimum absolute atomic E-state index is 0.451. The molecule has 0 aliphatic heterocycles. The maximum Gasteiger partial charge on any atom is 0.141 e. The topological polar surface area (TPSA) is 30.2 Å². The van der Waals surface area contributed by atoms with Crippen LogP contribution in [0.3, 0.4) is 0 Å². The number of rotatable bonds is 0. The molecule has 2 rings (SSSR count). The summed E-state index contributed by atoms with van der Waals surface area (Å²) in [5.41, 5.74) is 0.764. The van der Waals surface area contributed by atoms with Crippen molar-refractivity contribution in [1.82, 2.24) is 14.4 Å². The molecule has 49 valence electrons. The normalized spacial score (nSPS) is 10.5. The third-order valence-corrected chi connectivity index (χ3v) is 1.40. The molecule has 2 aromatic heterocycles. The van der Waals surface area contributed by atoms with Gasteiger partial charge in [0.05, 0.1) is 0 Å². The molecule has 0 aromatic carbocycles. The van der Waals surface area contributed by atoms with Crippen LogP contribution in [0.4, 0.5) is 0 Å². The fraction of sp³-hybridized carbons (Fsp3) is 0. The van der Waals surface area contributed by atoms with Crippen molar-refractivity contribution in [2.75, 3.05) is 0 Å². The molecule has 0 saturated heterocycles. The first-order valence-electron chi connectivity index (χ1n) is 2.72. The Hall–Kier alpha value is -1.09. The van der Waals surface area contributed by atoms with E-state index in [2.05, 4.69) is 16.2 Å². The van der Waals surface area contributed by atoms with Gasteiger partial charge in [-0.2, -0.15) is 0 Å². The Balaban J connectivity index is 2.86. The summed E-state index contributed by atoms with van der Waals surface area (Å²) in [6.07, 6.45) is 5.97. The number of imidazole rings is 1. The van der Waals surface area contributed by atoms with Crippen LogP contribution in [0, 0.1) is 6.20 Å². The standard InChI is InChI=1S/C6H3ClN3/c7-5-3-6-8-1-2-10(6)4-9-5/h2-4H. The molecule has 0 spiro atoms. The second-order valence-electron chi connectivity index (χ2n) is 1.85. The van der Waals surface area contributed by atoms with E-state index in [1.165, 1.54) is 0 Å². The van der Waals surface area contributed by atoms with E-state index in [1.807, 2.05) is 0 Å². The lowest BCUT2D eigenvalue weighted by atomic mass is 10.6. The summed E-state index contributed by atoms with van der Waals surface area (Å²) in [6, 6.07) is 1.68. The van der Waals surface area contributed by atoms with Crippen LogP contribution in [0.1, 0.15) is 0 Å². The third-order valence-electron chi connectivity index (χ3n) is 1.19. The molecule has 0 aliphatic rings. The maximum absolute atomic E-state index is 5.60. The second kappa shape index (κ2) is 1.95. The highest BCUT2D eigenvalue weighted by molar-refractivity contribution is 6.29. The molecule has 4 heteroatoms. The molecule has 0 N–H and O–H groups in total. The highest BCUT2D eigenvalue weighted by Gasteiger charge is 1.93. The van der Waals surface area contributed by atoms with Gasteiger partial charge in [0, 0.05) is 12.3 Å². The first kappa shape index (κ1) is 5.68. The molecule has 3 nitrogen and oxygen atoms in total. The van der Waals surface area contributed by atoms with E-state index >= 15 is 0 Å². The first-order chi connectivity index (χ1) is 4.86. The predicted octanol–water partition coefficient (Wildman–Crippen LogP) is 1.18. The van der Waals surface area contributed by atoms with Crippen molar-refractivity contribution < 1.29 is 0 Å². The van der Waals surface area contributed by atoms with Crippen LogP contribution in [0.25, 0.3) is 5.65 Å². The van der Waals surface area contributed by atoms with Gasteiger partial charge in [0.15, 0.2) is 0 Å². The number of hydrogen-bond acceptors (Lipinski definition) is 2. The van der Waals surface area contributed by atoms with Crippen LogP contribution in [0.5, 0.6) is 0 Å². The van der Waals surface area contributed by atoms with Gasteiger partial charge in [0.1, 0.15) is 23.3 Å². The number of hydrogen-bond donors (Lipinski definition) is 0. The molecule has 10 heavy (non-hydrogen) atoms. The molecule has 0 fully saturated rings. The minimum atomic E-state index is 0.451. The zero-order valence-electron chi connectivity index (χ0n) is 4.95. The zero-order chi connectivity index (χ0) is 6.97. The fourth-order valence-corrected chi connectivity index (χ4v) is 0.883. The van der Waals surface area contributed by atoms with Crippen molar-refractivity contribution in [3.8, 4) is 0 Å². The Morgan fingerprint density at radius 3 is 3.40 bits per heavy atom. The summed E-state index contributed by atoms with van der Waals surface area (Å²) in [5.74, 6) is 0. The zero-order valence-corrected chi connectivity index (χ0v) is 5.71. The van der Waals surface area contributed by atoms with Crippen LogP contribution in [0.15, 0.2) is 18.6 Å². The van der Waals surface area contributed by atoms with Crippen molar-refractivity contribution in [1.29, 1.82) is 0 Å². The summed E-state index contributed by atoms with van der Waals surface area (Å²) in [6.45, 7) is 0. The van der Waals surface area contributed by atoms with E-state index in [9.17, 15) is 0 Å². The summed E-state index contributed by atoms with van der Waals surface area (Å²) in [7, 11) is 0. The molecule has 0 amide bonds. The van der Waals surface area contributed by atoms with Crippen LogP contribution in [-0.2, 0) is 0 Å². The van der Waals surface area contributed by atoms with Gasteiger partial charge in [-0.1, -0.05) is 11.6 Å². The lowest BCUT2D eigenvalue weighted by Crippen LogP contribution is -1.84. The number of nitrogens with zero attached hydrogens (tertiary/aromatic N) is 3. The molecule has 1 radical (unpaired) electrons. The maximum atomic E-state index is 5.60. The van der Waals surface area contributed by atoms with Crippen molar-refractivity contribution in [2.24, 2.45) is 0 Å².